The van der Waals surface area contributed by atoms with Crippen LogP contribution in [0.25, 0.3) is 11.3 Å². The van der Waals surface area contributed by atoms with E-state index >= 15 is 0 Å². The number of primary amides is 1. The lowest BCUT2D eigenvalue weighted by Crippen LogP contribution is -2.50. The standard InChI is InChI=1S/C34H44N6O4/c1-34(2,3)44-33(42)39-21-16-25(17-22-39)38-19-14-23(15-20-38)28-13-18-36-32-29(31(35)41)30(37-40(28)32)24-9-11-27(12-10-24)43-26-7-5-4-6-8-26/h4-12,23,25,28,36H,13-22H2,1-3H3,(H2,35,41)/t28-/m0/s1. The topological polar surface area (TPSA) is 115 Å². The van der Waals surface area contributed by atoms with E-state index < -0.39 is 11.5 Å². The van der Waals surface area contributed by atoms with Crippen LogP contribution in [0.2, 0.25) is 0 Å². The number of para-hydroxylation sites is 1. The molecule has 3 N–H and O–H groups in total. The Balaban J connectivity index is 1.11. The summed E-state index contributed by atoms with van der Waals surface area (Å²) in [6.07, 6.45) is 4.84. The monoisotopic (exact) mass is 600 g/mol. The molecule has 6 rings (SSSR count). The van der Waals surface area contributed by atoms with Gasteiger partial charge in [-0.2, -0.15) is 5.10 Å². The fourth-order valence-electron chi connectivity index (χ4n) is 6.89. The molecule has 3 aliphatic heterocycles. The largest absolute Gasteiger partial charge is 0.457 e. The Morgan fingerprint density at radius 3 is 2.18 bits per heavy atom. The van der Waals surface area contributed by atoms with E-state index in [1.165, 1.54) is 0 Å². The van der Waals surface area contributed by atoms with E-state index in [9.17, 15) is 9.59 Å². The molecule has 0 bridgehead atoms. The molecule has 2 aromatic carbocycles. The van der Waals surface area contributed by atoms with Gasteiger partial charge in [0.15, 0.2) is 0 Å². The van der Waals surface area contributed by atoms with E-state index in [4.69, 9.17) is 20.3 Å². The molecule has 2 amide bonds. The Labute approximate surface area is 259 Å². The zero-order valence-electron chi connectivity index (χ0n) is 26.0. The van der Waals surface area contributed by atoms with Gasteiger partial charge in [0, 0.05) is 31.2 Å². The number of anilines is 1. The fraction of sp³-hybridized carbons (Fsp3) is 0.500. The summed E-state index contributed by atoms with van der Waals surface area (Å²) in [7, 11) is 0. The molecular weight excluding hydrogens is 556 g/mol. The average molecular weight is 601 g/mol. The second-order valence-corrected chi connectivity index (χ2v) is 13.2. The van der Waals surface area contributed by atoms with Crippen molar-refractivity contribution in [3.8, 4) is 22.8 Å². The SMILES string of the molecule is CC(C)(C)OC(=O)N1CCC(N2CCC([C@@H]3CCNc4c(C(N)=O)c(-c5ccc(Oc6ccccc6)cc5)nn43)CC2)CC1. The first-order valence-corrected chi connectivity index (χ1v) is 15.9. The van der Waals surface area contributed by atoms with E-state index in [0.29, 0.717) is 29.0 Å². The van der Waals surface area contributed by atoms with Gasteiger partial charge in [0.2, 0.25) is 0 Å². The molecule has 1 atom stereocenters. The number of benzene rings is 2. The number of hydrogen-bond donors (Lipinski definition) is 2. The van der Waals surface area contributed by atoms with Gasteiger partial charge in [-0.05, 0) is 108 Å². The van der Waals surface area contributed by atoms with Crippen molar-refractivity contribution in [1.29, 1.82) is 0 Å². The zero-order valence-corrected chi connectivity index (χ0v) is 26.0. The maximum atomic E-state index is 12.7. The molecule has 10 nitrogen and oxygen atoms in total. The van der Waals surface area contributed by atoms with Gasteiger partial charge in [-0.1, -0.05) is 18.2 Å². The summed E-state index contributed by atoms with van der Waals surface area (Å²) in [4.78, 5) is 29.7. The second kappa shape index (κ2) is 12.5. The number of hydrogen-bond acceptors (Lipinski definition) is 7. The van der Waals surface area contributed by atoms with Crippen molar-refractivity contribution in [2.75, 3.05) is 38.0 Å². The molecule has 2 saturated heterocycles. The number of carbonyl (C=O) groups excluding carboxylic acids is 2. The first kappa shape index (κ1) is 30.0. The molecule has 0 unspecified atom stereocenters. The van der Waals surface area contributed by atoms with Gasteiger partial charge < -0.3 is 30.3 Å². The number of fused-ring (bicyclic) bond motifs is 1. The smallest absolute Gasteiger partial charge is 0.410 e. The van der Waals surface area contributed by atoms with Crippen molar-refractivity contribution >= 4 is 17.8 Å². The summed E-state index contributed by atoms with van der Waals surface area (Å²) >= 11 is 0. The maximum Gasteiger partial charge on any atom is 0.410 e. The lowest BCUT2D eigenvalue weighted by atomic mass is 9.85. The molecule has 0 spiro atoms. The van der Waals surface area contributed by atoms with Gasteiger partial charge in [0.25, 0.3) is 5.91 Å². The number of ether oxygens (including phenoxy) is 2. The molecule has 1 aromatic heterocycles. The second-order valence-electron chi connectivity index (χ2n) is 13.2. The van der Waals surface area contributed by atoms with Gasteiger partial charge in [0.1, 0.15) is 34.2 Å². The van der Waals surface area contributed by atoms with Crippen LogP contribution < -0.4 is 15.8 Å². The average Bonchev–Trinajstić information content (AvgIpc) is 3.42. The summed E-state index contributed by atoms with van der Waals surface area (Å²) in [6.45, 7) is 10.0. The van der Waals surface area contributed by atoms with Gasteiger partial charge in [-0.15, -0.1) is 0 Å². The number of nitrogens with two attached hydrogens (primary N) is 1. The quantitative estimate of drug-likeness (QED) is 0.362. The highest BCUT2D eigenvalue weighted by molar-refractivity contribution is 6.03. The molecule has 0 radical (unpaired) electrons. The van der Waals surface area contributed by atoms with Crippen LogP contribution >= 0.6 is 0 Å². The maximum absolute atomic E-state index is 12.7. The number of rotatable bonds is 6. The van der Waals surface area contributed by atoms with Gasteiger partial charge in [-0.25, -0.2) is 9.48 Å². The minimum Gasteiger partial charge on any atom is -0.457 e. The number of nitrogens with zero attached hydrogens (tertiary/aromatic N) is 4. The number of nitrogens with one attached hydrogen (secondary N) is 1. The highest BCUT2D eigenvalue weighted by Crippen LogP contribution is 2.40. The molecule has 0 saturated carbocycles. The Kier molecular flexibility index (Phi) is 8.53. The first-order chi connectivity index (χ1) is 21.2. The lowest BCUT2D eigenvalue weighted by Gasteiger charge is -2.43. The third-order valence-electron chi connectivity index (χ3n) is 9.06. The van der Waals surface area contributed by atoms with E-state index in [1.807, 2.05) is 85.0 Å². The molecule has 2 fully saturated rings. The number of aromatic nitrogens is 2. The summed E-state index contributed by atoms with van der Waals surface area (Å²) in [5, 5.41) is 8.45. The van der Waals surface area contributed by atoms with Crippen LogP contribution in [0.5, 0.6) is 11.5 Å². The van der Waals surface area contributed by atoms with Gasteiger partial charge >= 0.3 is 6.09 Å². The number of likely N-dealkylation sites (tertiary alicyclic amines) is 2. The van der Waals surface area contributed by atoms with E-state index in [0.717, 1.165) is 82.0 Å². The molecule has 4 heterocycles. The lowest BCUT2D eigenvalue weighted by molar-refractivity contribution is 0.0106. The Hall–Kier alpha value is -4.05. The van der Waals surface area contributed by atoms with Crippen LogP contribution in [0.4, 0.5) is 10.6 Å². The normalized spacial score (nSPS) is 20.1. The molecule has 3 aliphatic rings. The Bertz CT molecular complexity index is 1450. The van der Waals surface area contributed by atoms with Crippen LogP contribution in [0.3, 0.4) is 0 Å². The van der Waals surface area contributed by atoms with Crippen molar-refractivity contribution in [3.05, 3.63) is 60.2 Å². The van der Waals surface area contributed by atoms with Crippen molar-refractivity contribution in [2.24, 2.45) is 11.7 Å². The summed E-state index contributed by atoms with van der Waals surface area (Å²) < 4.78 is 13.6. The molecule has 0 aliphatic carbocycles. The van der Waals surface area contributed by atoms with Crippen LogP contribution in [0.1, 0.15) is 69.3 Å². The predicted molar refractivity (Wildman–Crippen MR) is 170 cm³/mol. The Morgan fingerprint density at radius 2 is 1.55 bits per heavy atom. The van der Waals surface area contributed by atoms with Crippen molar-refractivity contribution in [2.45, 2.75) is 70.6 Å². The minimum absolute atomic E-state index is 0.204. The van der Waals surface area contributed by atoms with Gasteiger partial charge in [-0.3, -0.25) is 4.79 Å². The van der Waals surface area contributed by atoms with E-state index in [1.54, 1.807) is 0 Å². The zero-order chi connectivity index (χ0) is 30.8. The third-order valence-corrected chi connectivity index (χ3v) is 9.06. The van der Waals surface area contributed by atoms with Crippen molar-refractivity contribution in [1.82, 2.24) is 19.6 Å². The molecular formula is C34H44N6O4. The van der Waals surface area contributed by atoms with E-state index in [2.05, 4.69) is 10.2 Å². The third kappa shape index (κ3) is 6.55. The fourth-order valence-corrected chi connectivity index (χ4v) is 6.89. The minimum atomic E-state index is -0.480. The highest BCUT2D eigenvalue weighted by Gasteiger charge is 2.37. The molecule has 10 heteroatoms. The molecule has 44 heavy (non-hydrogen) atoms. The molecule has 234 valence electrons. The summed E-state index contributed by atoms with van der Waals surface area (Å²) in [5.74, 6) is 2.18. The highest BCUT2D eigenvalue weighted by atomic mass is 16.6. The van der Waals surface area contributed by atoms with Crippen LogP contribution in [-0.4, -0.2) is 75.9 Å². The van der Waals surface area contributed by atoms with Crippen LogP contribution in [-0.2, 0) is 4.74 Å². The van der Waals surface area contributed by atoms with Crippen molar-refractivity contribution in [3.63, 3.8) is 0 Å². The molecule has 3 aromatic rings. The Morgan fingerprint density at radius 1 is 0.886 bits per heavy atom. The predicted octanol–water partition coefficient (Wildman–Crippen LogP) is 5.91. The van der Waals surface area contributed by atoms with E-state index in [-0.39, 0.29) is 12.1 Å². The number of piperidine rings is 2. The first-order valence-electron chi connectivity index (χ1n) is 15.9. The van der Waals surface area contributed by atoms with Crippen LogP contribution in [0.15, 0.2) is 54.6 Å². The summed E-state index contributed by atoms with van der Waals surface area (Å²) in [6, 6.07) is 18.0. The summed E-state index contributed by atoms with van der Waals surface area (Å²) in [5.41, 5.74) is 7.34. The van der Waals surface area contributed by atoms with Crippen molar-refractivity contribution < 1.29 is 19.1 Å². The van der Waals surface area contributed by atoms with Gasteiger partial charge in [0.05, 0.1) is 6.04 Å². The van der Waals surface area contributed by atoms with Crippen LogP contribution in [0, 0.1) is 5.92 Å². The number of amides is 2. The number of carbonyl (C=O) groups is 2.